The molecular weight excluding hydrogens is 155 g/mol. The molecule has 0 rings (SSSR count). The van der Waals surface area contributed by atoms with E-state index < -0.39 is 32.9 Å². The Hall–Kier alpha value is 0.150. The van der Waals surface area contributed by atoms with Crippen molar-refractivity contribution in [3.8, 4) is 0 Å². The van der Waals surface area contributed by atoms with Gasteiger partial charge in [-0.05, 0) is 0 Å². The summed E-state index contributed by atoms with van der Waals surface area (Å²) in [6.07, 6.45) is -4.68. The molecule has 0 aromatic carbocycles. The van der Waals surface area contributed by atoms with Gasteiger partial charge in [0.2, 0.25) is 25.7 Å². The van der Waals surface area contributed by atoms with E-state index in [-0.39, 0.29) is 0 Å². The average Bonchev–Trinajstić information content (AvgIpc) is 1.95. The molecule has 0 aliphatic rings. The van der Waals surface area contributed by atoms with Crippen LogP contribution >= 0.6 is 7.26 Å². The van der Waals surface area contributed by atoms with Gasteiger partial charge < -0.3 is 0 Å². The maximum Gasteiger partial charge on any atom is 0.203 e. The van der Waals surface area contributed by atoms with Crippen molar-refractivity contribution in [1.29, 1.82) is 0 Å². The first kappa shape index (κ1) is 9.15. The first-order valence-corrected chi connectivity index (χ1v) is 4.86. The molecule has 5 heteroatoms. The first-order valence-electron chi connectivity index (χ1n) is 2.33. The predicted octanol–water partition coefficient (Wildman–Crippen LogP) is 2.71. The van der Waals surface area contributed by atoms with E-state index in [0.29, 0.717) is 0 Å². The third-order valence-corrected chi connectivity index (χ3v) is 3.04. The molecule has 0 bridgehead atoms. The molecule has 56 valence electrons. The second-order valence-corrected chi connectivity index (χ2v) is 5.46. The average molecular weight is 163 g/mol. The Labute approximate surface area is 51.6 Å². The molecule has 0 nitrogen and oxygen atoms in total. The highest BCUT2D eigenvalue weighted by atomic mass is 31.2. The van der Waals surface area contributed by atoms with Crippen molar-refractivity contribution in [3.63, 3.8) is 0 Å². The number of halogens is 4. The molecule has 0 amide bonds. The summed E-state index contributed by atoms with van der Waals surface area (Å²) in [6, 6.07) is 0. The van der Waals surface area contributed by atoms with Gasteiger partial charge in [0, 0.05) is 0 Å². The van der Waals surface area contributed by atoms with Gasteiger partial charge in [-0.25, -0.2) is 17.6 Å². The molecule has 0 heterocycles. The molecular formula is C4H8F4P+. The van der Waals surface area contributed by atoms with Gasteiger partial charge in [-0.1, -0.05) is 0 Å². The molecule has 0 atom stereocenters. The highest BCUT2D eigenvalue weighted by molar-refractivity contribution is 7.75. The zero-order valence-corrected chi connectivity index (χ0v) is 5.68. The Morgan fingerprint density at radius 1 is 0.667 bits per heavy atom. The normalized spacial score (nSPS) is 12.0. The van der Waals surface area contributed by atoms with Crippen LogP contribution in [0.3, 0.4) is 0 Å². The summed E-state index contributed by atoms with van der Waals surface area (Å²) in [5.41, 5.74) is 0. The van der Waals surface area contributed by atoms with Crippen molar-refractivity contribution in [2.45, 2.75) is 0 Å². The molecule has 0 aliphatic carbocycles. The Morgan fingerprint density at radius 2 is 0.889 bits per heavy atom. The van der Waals surface area contributed by atoms with Crippen molar-refractivity contribution in [2.24, 2.45) is 0 Å². The van der Waals surface area contributed by atoms with Gasteiger partial charge in [0.1, 0.15) is 7.26 Å². The highest BCUT2D eigenvalue weighted by Crippen LogP contribution is 2.59. The zero-order valence-electron chi connectivity index (χ0n) is 4.79. The summed E-state index contributed by atoms with van der Waals surface area (Å²) in [6.45, 7) is 0. The molecule has 0 saturated heterocycles. The SMILES string of the molecule is FC[P+](CF)(CF)CF. The topological polar surface area (TPSA) is 0 Å². The highest BCUT2D eigenvalue weighted by Gasteiger charge is 2.38. The third kappa shape index (κ3) is 2.09. The maximum absolute atomic E-state index is 11.6. The fourth-order valence-electron chi connectivity index (χ4n) is 0.192. The van der Waals surface area contributed by atoms with E-state index in [2.05, 4.69) is 0 Å². The minimum atomic E-state index is -3.09. The molecule has 0 N–H and O–H groups in total. The lowest BCUT2D eigenvalue weighted by molar-refractivity contribution is 0.497. The van der Waals surface area contributed by atoms with Crippen LogP contribution in [-0.2, 0) is 0 Å². The monoisotopic (exact) mass is 163 g/mol. The zero-order chi connectivity index (χ0) is 7.33. The summed E-state index contributed by atoms with van der Waals surface area (Å²) in [5, 5.41) is 0. The van der Waals surface area contributed by atoms with Crippen LogP contribution in [0.4, 0.5) is 17.6 Å². The van der Waals surface area contributed by atoms with Crippen LogP contribution < -0.4 is 0 Å². The Morgan fingerprint density at radius 3 is 0.889 bits per heavy atom. The van der Waals surface area contributed by atoms with Crippen molar-refractivity contribution >= 4 is 7.26 Å². The fourth-order valence-corrected chi connectivity index (χ4v) is 0.575. The smallest absolute Gasteiger partial charge is 0.203 e. The number of hydrogen-bond donors (Lipinski definition) is 0. The number of alkyl halides is 4. The lowest BCUT2D eigenvalue weighted by atomic mass is 11.7. The van der Waals surface area contributed by atoms with Crippen LogP contribution in [0.25, 0.3) is 0 Å². The van der Waals surface area contributed by atoms with Gasteiger partial charge in [0.15, 0.2) is 0 Å². The van der Waals surface area contributed by atoms with Gasteiger partial charge in [0.05, 0.1) is 0 Å². The summed E-state index contributed by atoms with van der Waals surface area (Å²) >= 11 is 0. The number of hydrogen-bond acceptors (Lipinski definition) is 0. The number of rotatable bonds is 4. The molecule has 0 aromatic rings. The summed E-state index contributed by atoms with van der Waals surface area (Å²) in [7, 11) is -3.09. The van der Waals surface area contributed by atoms with E-state index in [0.717, 1.165) is 0 Å². The molecule has 0 unspecified atom stereocenters. The van der Waals surface area contributed by atoms with E-state index in [1.165, 1.54) is 0 Å². The van der Waals surface area contributed by atoms with Crippen molar-refractivity contribution in [2.75, 3.05) is 25.7 Å². The Balaban J connectivity index is 3.82. The second kappa shape index (κ2) is 4.04. The summed E-state index contributed by atoms with van der Waals surface area (Å²) < 4.78 is 46.6. The van der Waals surface area contributed by atoms with E-state index in [4.69, 9.17) is 0 Å². The summed E-state index contributed by atoms with van der Waals surface area (Å²) in [5.74, 6) is 0. The Kier molecular flexibility index (Phi) is 4.11. The lowest BCUT2D eigenvalue weighted by Gasteiger charge is -2.10. The van der Waals surface area contributed by atoms with E-state index in [1.807, 2.05) is 0 Å². The van der Waals surface area contributed by atoms with Crippen LogP contribution in [0.1, 0.15) is 0 Å². The van der Waals surface area contributed by atoms with Crippen molar-refractivity contribution in [3.05, 3.63) is 0 Å². The van der Waals surface area contributed by atoms with Crippen LogP contribution in [-0.4, -0.2) is 25.7 Å². The molecule has 0 spiro atoms. The van der Waals surface area contributed by atoms with E-state index >= 15 is 0 Å². The fraction of sp³-hybridized carbons (Fsp3) is 1.00. The van der Waals surface area contributed by atoms with Crippen molar-refractivity contribution in [1.82, 2.24) is 0 Å². The van der Waals surface area contributed by atoms with Gasteiger partial charge in [-0.15, -0.1) is 0 Å². The maximum atomic E-state index is 11.6. The minimum absolute atomic E-state index is 1.17. The molecule has 0 aliphatic heterocycles. The largest absolute Gasteiger partial charge is 0.206 e. The molecule has 9 heavy (non-hydrogen) atoms. The quantitative estimate of drug-likeness (QED) is 0.441. The van der Waals surface area contributed by atoms with Gasteiger partial charge in [0.25, 0.3) is 0 Å². The first-order chi connectivity index (χ1) is 4.24. The molecule has 0 aromatic heterocycles. The second-order valence-electron chi connectivity index (χ2n) is 1.82. The molecule has 0 radical (unpaired) electrons. The van der Waals surface area contributed by atoms with E-state index in [9.17, 15) is 17.6 Å². The van der Waals surface area contributed by atoms with Gasteiger partial charge >= 0.3 is 0 Å². The van der Waals surface area contributed by atoms with Gasteiger partial charge in [-0.3, -0.25) is 0 Å². The lowest BCUT2D eigenvalue weighted by Crippen LogP contribution is -2.01. The van der Waals surface area contributed by atoms with Crippen LogP contribution in [0.5, 0.6) is 0 Å². The molecule has 0 fully saturated rings. The van der Waals surface area contributed by atoms with Gasteiger partial charge in [-0.2, -0.15) is 0 Å². The third-order valence-electron chi connectivity index (χ3n) is 1.01. The van der Waals surface area contributed by atoms with Crippen molar-refractivity contribution < 1.29 is 17.6 Å². The van der Waals surface area contributed by atoms with Crippen LogP contribution in [0.2, 0.25) is 0 Å². The summed E-state index contributed by atoms with van der Waals surface area (Å²) in [4.78, 5) is 0. The van der Waals surface area contributed by atoms with Crippen LogP contribution in [0, 0.1) is 0 Å². The minimum Gasteiger partial charge on any atom is -0.206 e. The van der Waals surface area contributed by atoms with Crippen LogP contribution in [0.15, 0.2) is 0 Å². The molecule has 0 saturated carbocycles. The standard InChI is InChI=1S/C4H8F4P/c5-1-9(2-6,3-7)4-8/h1-4H2/q+1. The Bertz CT molecular complexity index is 55.5. The van der Waals surface area contributed by atoms with E-state index in [1.54, 1.807) is 0 Å². The predicted molar refractivity (Wildman–Crippen MR) is 30.8 cm³/mol.